The maximum atomic E-state index is 12.8. The van der Waals surface area contributed by atoms with Crippen LogP contribution in [0.3, 0.4) is 0 Å². The zero-order valence-electron chi connectivity index (χ0n) is 19.6. The summed E-state index contributed by atoms with van der Waals surface area (Å²) in [6.45, 7) is 2.04. The van der Waals surface area contributed by atoms with E-state index in [9.17, 15) is 18.3 Å². The summed E-state index contributed by atoms with van der Waals surface area (Å²) in [5.74, 6) is 0.822. The zero-order valence-corrected chi connectivity index (χ0v) is 20.4. The van der Waals surface area contributed by atoms with Gasteiger partial charge in [0, 0.05) is 19.5 Å². The number of hydrogen-bond acceptors (Lipinski definition) is 6. The standard InChI is InChI=1S/C23H23ClF3N5O3/c1-12-28-9-17(31(12)3)23(33,18-10-29-13(2)32(18)4)14-6-7-16-15(8-14)19(24)20(21(30-16)34-5)35-11-22(25,26)27/h6-10,33H,11H2,1-5H3. The third kappa shape index (κ3) is 4.19. The topological polar surface area (TPSA) is 87.2 Å². The minimum atomic E-state index is -4.58. The van der Waals surface area contributed by atoms with E-state index in [4.69, 9.17) is 21.1 Å². The molecule has 4 aromatic rings. The van der Waals surface area contributed by atoms with Gasteiger partial charge in [-0.05, 0) is 31.5 Å². The fourth-order valence-corrected chi connectivity index (χ4v) is 4.22. The number of aryl methyl sites for hydroxylation is 2. The Balaban J connectivity index is 1.97. The highest BCUT2D eigenvalue weighted by molar-refractivity contribution is 6.37. The van der Waals surface area contributed by atoms with Gasteiger partial charge in [0.1, 0.15) is 11.6 Å². The van der Waals surface area contributed by atoms with Gasteiger partial charge in [-0.3, -0.25) is 0 Å². The van der Waals surface area contributed by atoms with Crippen LogP contribution in [0, 0.1) is 13.8 Å². The second-order valence-electron chi connectivity index (χ2n) is 8.11. The number of hydrogen-bond donors (Lipinski definition) is 1. The van der Waals surface area contributed by atoms with Crippen molar-refractivity contribution in [3.05, 3.63) is 64.2 Å². The molecule has 0 radical (unpaired) electrons. The van der Waals surface area contributed by atoms with Crippen molar-refractivity contribution in [2.45, 2.75) is 25.6 Å². The molecule has 3 heterocycles. The highest BCUT2D eigenvalue weighted by atomic mass is 35.5. The summed E-state index contributed by atoms with van der Waals surface area (Å²) in [7, 11) is 4.80. The van der Waals surface area contributed by atoms with E-state index >= 15 is 0 Å². The van der Waals surface area contributed by atoms with Gasteiger partial charge in [0.25, 0.3) is 5.88 Å². The van der Waals surface area contributed by atoms with Crippen LogP contribution in [0.1, 0.15) is 28.6 Å². The number of ether oxygens (including phenoxy) is 2. The highest BCUT2D eigenvalue weighted by Gasteiger charge is 2.40. The lowest BCUT2D eigenvalue weighted by atomic mass is 9.86. The molecular formula is C23H23ClF3N5O3. The van der Waals surface area contributed by atoms with Crippen LogP contribution in [0.15, 0.2) is 30.6 Å². The van der Waals surface area contributed by atoms with Gasteiger partial charge in [0.15, 0.2) is 12.2 Å². The number of alkyl halides is 3. The molecule has 0 saturated heterocycles. The van der Waals surface area contributed by atoms with Gasteiger partial charge in [0.05, 0.1) is 41.4 Å². The van der Waals surface area contributed by atoms with Gasteiger partial charge >= 0.3 is 6.18 Å². The largest absolute Gasteiger partial charge is 0.478 e. The van der Waals surface area contributed by atoms with Crippen LogP contribution in [0.5, 0.6) is 11.6 Å². The molecule has 35 heavy (non-hydrogen) atoms. The Labute approximate surface area is 203 Å². The number of nitrogens with zero attached hydrogens (tertiary/aromatic N) is 5. The van der Waals surface area contributed by atoms with E-state index in [1.807, 2.05) is 0 Å². The van der Waals surface area contributed by atoms with Gasteiger partial charge < -0.3 is 23.7 Å². The summed E-state index contributed by atoms with van der Waals surface area (Å²) in [4.78, 5) is 12.9. The lowest BCUT2D eigenvalue weighted by molar-refractivity contribution is -0.153. The maximum absolute atomic E-state index is 12.8. The smallest absolute Gasteiger partial charge is 0.422 e. The lowest BCUT2D eigenvalue weighted by Crippen LogP contribution is -2.33. The molecule has 0 aliphatic heterocycles. The Bertz CT molecular complexity index is 1370. The fourth-order valence-electron chi connectivity index (χ4n) is 3.93. The third-order valence-corrected chi connectivity index (χ3v) is 6.40. The molecule has 186 valence electrons. The van der Waals surface area contributed by atoms with Crippen LogP contribution in [-0.2, 0) is 19.7 Å². The zero-order chi connectivity index (χ0) is 25.7. The summed E-state index contributed by atoms with van der Waals surface area (Å²) in [5.41, 5.74) is -0.0745. The van der Waals surface area contributed by atoms with Crippen molar-refractivity contribution in [3.63, 3.8) is 0 Å². The van der Waals surface area contributed by atoms with Crippen LogP contribution in [0.4, 0.5) is 13.2 Å². The van der Waals surface area contributed by atoms with Crippen molar-refractivity contribution in [2.24, 2.45) is 14.1 Å². The van der Waals surface area contributed by atoms with Crippen molar-refractivity contribution in [1.82, 2.24) is 24.1 Å². The van der Waals surface area contributed by atoms with E-state index in [-0.39, 0.29) is 22.0 Å². The number of fused-ring (bicyclic) bond motifs is 1. The SMILES string of the molecule is COc1nc2ccc(C(O)(c3cnc(C)n3C)c3cnc(C)n3C)cc2c(Cl)c1OCC(F)(F)F. The Morgan fingerprint density at radius 1 is 1.03 bits per heavy atom. The van der Waals surface area contributed by atoms with Gasteiger partial charge in [0.2, 0.25) is 5.75 Å². The fraction of sp³-hybridized carbons (Fsp3) is 0.348. The number of benzene rings is 1. The quantitative estimate of drug-likeness (QED) is 0.419. The summed E-state index contributed by atoms with van der Waals surface area (Å²) < 4.78 is 52.0. The Morgan fingerprint density at radius 3 is 2.06 bits per heavy atom. The Kier molecular flexibility index (Phi) is 6.18. The molecule has 8 nitrogen and oxygen atoms in total. The first kappa shape index (κ1) is 24.8. The molecule has 0 saturated carbocycles. The first-order valence-corrected chi connectivity index (χ1v) is 10.8. The van der Waals surface area contributed by atoms with Crippen LogP contribution >= 0.6 is 11.6 Å². The number of methoxy groups -OCH3 is 1. The first-order chi connectivity index (χ1) is 16.4. The van der Waals surface area contributed by atoms with Gasteiger partial charge in [-0.15, -0.1) is 0 Å². The van der Waals surface area contributed by atoms with Crippen molar-refractivity contribution in [2.75, 3.05) is 13.7 Å². The molecule has 1 aromatic carbocycles. The molecule has 0 fully saturated rings. The Hall–Kier alpha value is -3.31. The van der Waals surface area contributed by atoms with Crippen molar-refractivity contribution in [3.8, 4) is 11.6 Å². The molecule has 12 heteroatoms. The minimum Gasteiger partial charge on any atom is -0.478 e. The molecule has 0 atom stereocenters. The summed E-state index contributed by atoms with van der Waals surface area (Å²) in [6.07, 6.45) is -1.46. The molecule has 0 unspecified atom stereocenters. The van der Waals surface area contributed by atoms with Crippen molar-refractivity contribution < 1.29 is 27.8 Å². The van der Waals surface area contributed by atoms with E-state index in [1.54, 1.807) is 67.7 Å². The average molecular weight is 510 g/mol. The number of pyridine rings is 1. The molecule has 4 rings (SSSR count). The van der Waals surface area contributed by atoms with Crippen LogP contribution < -0.4 is 9.47 Å². The monoisotopic (exact) mass is 509 g/mol. The number of aromatic nitrogens is 5. The molecule has 3 aromatic heterocycles. The van der Waals surface area contributed by atoms with Gasteiger partial charge in [-0.1, -0.05) is 17.7 Å². The van der Waals surface area contributed by atoms with E-state index in [2.05, 4.69) is 15.0 Å². The molecule has 0 bridgehead atoms. The van der Waals surface area contributed by atoms with Crippen LogP contribution in [-0.4, -0.2) is 49.1 Å². The normalized spacial score (nSPS) is 12.4. The Morgan fingerprint density at radius 2 is 1.60 bits per heavy atom. The van der Waals surface area contributed by atoms with E-state index in [0.29, 0.717) is 34.1 Å². The van der Waals surface area contributed by atoms with E-state index < -0.39 is 18.4 Å². The predicted molar refractivity (Wildman–Crippen MR) is 123 cm³/mol. The summed E-state index contributed by atoms with van der Waals surface area (Å²) >= 11 is 6.51. The highest BCUT2D eigenvalue weighted by Crippen LogP contribution is 2.43. The predicted octanol–water partition coefficient (Wildman–Crippen LogP) is 4.21. The third-order valence-electron chi connectivity index (χ3n) is 6.02. The number of aliphatic hydroxyl groups is 1. The number of rotatable bonds is 6. The second-order valence-corrected chi connectivity index (χ2v) is 8.49. The summed E-state index contributed by atoms with van der Waals surface area (Å²) in [5, 5.41) is 12.4. The maximum Gasteiger partial charge on any atom is 0.422 e. The van der Waals surface area contributed by atoms with E-state index in [1.165, 1.54) is 7.11 Å². The van der Waals surface area contributed by atoms with E-state index in [0.717, 1.165) is 0 Å². The number of imidazole rings is 2. The molecular weight excluding hydrogens is 487 g/mol. The average Bonchev–Trinajstić information content (AvgIpc) is 3.33. The second kappa shape index (κ2) is 8.72. The van der Waals surface area contributed by atoms with Gasteiger partial charge in [-0.25, -0.2) is 15.0 Å². The number of halogens is 4. The first-order valence-electron chi connectivity index (χ1n) is 10.5. The molecule has 0 aliphatic rings. The molecule has 0 amide bonds. The van der Waals surface area contributed by atoms with Gasteiger partial charge in [-0.2, -0.15) is 13.2 Å². The summed E-state index contributed by atoms with van der Waals surface area (Å²) in [6, 6.07) is 4.82. The molecule has 0 aliphatic carbocycles. The van der Waals surface area contributed by atoms with Crippen LogP contribution in [0.2, 0.25) is 5.02 Å². The minimum absolute atomic E-state index is 0.123. The lowest BCUT2D eigenvalue weighted by Gasteiger charge is -2.30. The molecule has 1 N–H and O–H groups in total. The van der Waals surface area contributed by atoms with Crippen LogP contribution in [0.25, 0.3) is 10.9 Å². The van der Waals surface area contributed by atoms with Crippen molar-refractivity contribution >= 4 is 22.5 Å². The van der Waals surface area contributed by atoms with Crippen molar-refractivity contribution in [1.29, 1.82) is 0 Å². The molecule has 0 spiro atoms.